The summed E-state index contributed by atoms with van der Waals surface area (Å²) < 4.78 is 0. The van der Waals surface area contributed by atoms with Crippen LogP contribution in [0, 0.1) is 10.1 Å². The molecule has 0 spiro atoms. The molecule has 1 aliphatic heterocycles. The molecule has 11 heteroatoms. The van der Waals surface area contributed by atoms with Gasteiger partial charge in [0, 0.05) is 51.3 Å². The number of nitrogens with zero attached hydrogens (tertiary/aromatic N) is 3. The molecule has 162 valence electrons. The van der Waals surface area contributed by atoms with E-state index in [4.69, 9.17) is 0 Å². The van der Waals surface area contributed by atoms with Gasteiger partial charge in [0.15, 0.2) is 0 Å². The number of hydrogen-bond acceptors (Lipinski definition) is 6. The molecule has 0 radical (unpaired) electrons. The Kier molecular flexibility index (Phi) is 7.84. The Bertz CT molecular complexity index is 852. The number of benzene rings is 1. The highest BCUT2D eigenvalue weighted by atomic mass is 16.6. The van der Waals surface area contributed by atoms with Gasteiger partial charge in [-0.2, -0.15) is 0 Å². The molecule has 0 unspecified atom stereocenters. The molecule has 1 aromatic carbocycles. The number of carbonyl (C=O) groups is 4. The summed E-state index contributed by atoms with van der Waals surface area (Å²) in [5.74, 6) is -1.39. The van der Waals surface area contributed by atoms with Crippen LogP contribution < -0.4 is 10.6 Å². The summed E-state index contributed by atoms with van der Waals surface area (Å²) in [4.78, 5) is 61.2. The van der Waals surface area contributed by atoms with Gasteiger partial charge in [-0.15, -0.1) is 0 Å². The van der Waals surface area contributed by atoms with Gasteiger partial charge in [0.05, 0.1) is 16.1 Å². The molecule has 2 N–H and O–H groups in total. The number of imide groups is 1. The molecular weight excluding hydrogens is 394 g/mol. The minimum Gasteiger partial charge on any atom is -0.354 e. The lowest BCUT2D eigenvalue weighted by atomic mass is 10.1. The number of non-ortho nitro benzene ring substituents is 1. The first-order valence-electron chi connectivity index (χ1n) is 9.74. The monoisotopic (exact) mass is 419 g/mol. The zero-order valence-electron chi connectivity index (χ0n) is 17.0. The van der Waals surface area contributed by atoms with Crippen LogP contribution in [0.3, 0.4) is 0 Å². The van der Waals surface area contributed by atoms with E-state index >= 15 is 0 Å². The van der Waals surface area contributed by atoms with Crippen LogP contribution in [0.4, 0.5) is 10.5 Å². The maximum Gasteiger partial charge on any atom is 0.317 e. The van der Waals surface area contributed by atoms with Gasteiger partial charge in [-0.3, -0.25) is 29.4 Å². The smallest absolute Gasteiger partial charge is 0.317 e. The molecule has 0 saturated heterocycles. The topological polar surface area (TPSA) is 142 Å². The third kappa shape index (κ3) is 5.31. The number of amides is 5. The average molecular weight is 419 g/mol. The molecule has 1 aromatic rings. The maximum absolute atomic E-state index is 12.4. The Hall–Kier alpha value is -3.50. The fraction of sp³-hybridized carbons (Fsp3) is 0.474. The summed E-state index contributed by atoms with van der Waals surface area (Å²) in [7, 11) is 0. The summed E-state index contributed by atoms with van der Waals surface area (Å²) in [6, 6.07) is 3.35. The minimum absolute atomic E-state index is 0.00240. The van der Waals surface area contributed by atoms with Gasteiger partial charge in [-0.25, -0.2) is 4.79 Å². The van der Waals surface area contributed by atoms with Crippen molar-refractivity contribution in [2.45, 2.75) is 26.7 Å². The van der Waals surface area contributed by atoms with E-state index in [1.54, 1.807) is 4.90 Å². The molecular formula is C19H25N5O6. The van der Waals surface area contributed by atoms with Gasteiger partial charge in [0.25, 0.3) is 17.5 Å². The van der Waals surface area contributed by atoms with Crippen molar-refractivity contribution >= 4 is 29.4 Å². The fourth-order valence-electron chi connectivity index (χ4n) is 3.08. The van der Waals surface area contributed by atoms with E-state index in [9.17, 15) is 29.3 Å². The Morgan fingerprint density at radius 2 is 1.70 bits per heavy atom. The molecule has 30 heavy (non-hydrogen) atoms. The molecule has 0 fully saturated rings. The summed E-state index contributed by atoms with van der Waals surface area (Å²) in [6.07, 6.45) is 0.350. The quantitative estimate of drug-likeness (QED) is 0.252. The fourth-order valence-corrected chi connectivity index (χ4v) is 3.08. The molecule has 2 rings (SSSR count). The van der Waals surface area contributed by atoms with Gasteiger partial charge in [0.1, 0.15) is 0 Å². The number of nitro benzene ring substituents is 1. The molecule has 0 bridgehead atoms. The lowest BCUT2D eigenvalue weighted by Crippen LogP contribution is -2.42. The molecule has 0 saturated carbocycles. The zero-order valence-corrected chi connectivity index (χ0v) is 17.0. The number of nitrogens with one attached hydrogen (secondary N) is 2. The van der Waals surface area contributed by atoms with Crippen LogP contribution in [0.15, 0.2) is 18.2 Å². The van der Waals surface area contributed by atoms with E-state index in [0.717, 1.165) is 11.0 Å². The minimum atomic E-state index is -0.629. The number of hydrogen-bond donors (Lipinski definition) is 2. The zero-order chi connectivity index (χ0) is 22.3. The highest BCUT2D eigenvalue weighted by molar-refractivity contribution is 6.21. The third-order valence-electron chi connectivity index (χ3n) is 4.72. The first kappa shape index (κ1) is 22.8. The lowest BCUT2D eigenvalue weighted by Gasteiger charge is -2.19. The van der Waals surface area contributed by atoms with Gasteiger partial charge in [0.2, 0.25) is 5.91 Å². The predicted molar refractivity (Wildman–Crippen MR) is 107 cm³/mol. The molecule has 5 amide bonds. The summed E-state index contributed by atoms with van der Waals surface area (Å²) >= 11 is 0. The highest BCUT2D eigenvalue weighted by Gasteiger charge is 2.36. The largest absolute Gasteiger partial charge is 0.354 e. The molecule has 1 aliphatic rings. The van der Waals surface area contributed by atoms with Crippen LogP contribution in [-0.4, -0.2) is 71.2 Å². The Morgan fingerprint density at radius 1 is 1.07 bits per heavy atom. The lowest BCUT2D eigenvalue weighted by molar-refractivity contribution is -0.384. The molecule has 0 aliphatic carbocycles. The van der Waals surface area contributed by atoms with Crippen LogP contribution in [0.1, 0.15) is 47.4 Å². The van der Waals surface area contributed by atoms with Crippen LogP contribution in [0.25, 0.3) is 0 Å². The van der Waals surface area contributed by atoms with Crippen molar-refractivity contribution in [3.05, 3.63) is 39.4 Å². The SMILES string of the molecule is CCN(CC)C(=O)NCCNC(=O)CCCN1C(=O)c2ccc([N+](=O)[O-])cc2C1=O. The first-order valence-corrected chi connectivity index (χ1v) is 9.74. The number of fused-ring (bicyclic) bond motifs is 1. The van der Waals surface area contributed by atoms with Crippen LogP contribution in [0.5, 0.6) is 0 Å². The van der Waals surface area contributed by atoms with Gasteiger partial charge in [-0.1, -0.05) is 0 Å². The van der Waals surface area contributed by atoms with E-state index in [1.807, 2.05) is 13.8 Å². The number of nitro groups is 1. The van der Waals surface area contributed by atoms with Crippen molar-refractivity contribution in [2.24, 2.45) is 0 Å². The summed E-state index contributed by atoms with van der Waals surface area (Å²) in [6.45, 7) is 5.54. The van der Waals surface area contributed by atoms with Crippen LogP contribution in [-0.2, 0) is 4.79 Å². The van der Waals surface area contributed by atoms with Gasteiger partial charge >= 0.3 is 6.03 Å². The number of urea groups is 1. The molecule has 0 aromatic heterocycles. The van der Waals surface area contributed by atoms with Crippen molar-refractivity contribution < 1.29 is 24.1 Å². The normalized spacial score (nSPS) is 12.5. The van der Waals surface area contributed by atoms with E-state index in [-0.39, 0.29) is 61.2 Å². The Balaban J connectivity index is 1.74. The van der Waals surface area contributed by atoms with E-state index in [1.165, 1.54) is 12.1 Å². The standard InChI is InChI=1S/C19H25N5O6/c1-3-22(4-2)19(28)21-10-9-20-16(25)6-5-11-23-17(26)14-8-7-13(24(29)30)12-15(14)18(23)27/h7-8,12H,3-6,9-11H2,1-2H3,(H,20,25)(H,21,28). The third-order valence-corrected chi connectivity index (χ3v) is 4.72. The van der Waals surface area contributed by atoms with Crippen molar-refractivity contribution in [1.82, 2.24) is 20.4 Å². The van der Waals surface area contributed by atoms with Crippen LogP contribution in [0.2, 0.25) is 0 Å². The van der Waals surface area contributed by atoms with Crippen molar-refractivity contribution in [3.8, 4) is 0 Å². The average Bonchev–Trinajstić information content (AvgIpc) is 2.96. The van der Waals surface area contributed by atoms with Crippen molar-refractivity contribution in [3.63, 3.8) is 0 Å². The Labute approximate surface area is 173 Å². The predicted octanol–water partition coefficient (Wildman–Crippen LogP) is 1.14. The second-order valence-corrected chi connectivity index (χ2v) is 6.61. The molecule has 0 atom stereocenters. The summed E-state index contributed by atoms with van der Waals surface area (Å²) in [5, 5.41) is 16.2. The van der Waals surface area contributed by atoms with Crippen molar-refractivity contribution in [1.29, 1.82) is 0 Å². The molecule has 1 heterocycles. The van der Waals surface area contributed by atoms with Gasteiger partial charge < -0.3 is 15.5 Å². The Morgan fingerprint density at radius 3 is 2.33 bits per heavy atom. The molecule has 11 nitrogen and oxygen atoms in total. The number of rotatable bonds is 10. The van der Waals surface area contributed by atoms with Crippen molar-refractivity contribution in [2.75, 3.05) is 32.7 Å². The highest BCUT2D eigenvalue weighted by Crippen LogP contribution is 2.26. The van der Waals surface area contributed by atoms with Crippen LogP contribution >= 0.6 is 0 Å². The summed E-state index contributed by atoms with van der Waals surface area (Å²) in [5.41, 5.74) is -0.134. The maximum atomic E-state index is 12.4. The van der Waals surface area contributed by atoms with E-state index in [0.29, 0.717) is 13.1 Å². The van der Waals surface area contributed by atoms with Gasteiger partial charge in [-0.05, 0) is 26.3 Å². The van der Waals surface area contributed by atoms with E-state index < -0.39 is 16.7 Å². The first-order chi connectivity index (χ1) is 14.3. The second-order valence-electron chi connectivity index (χ2n) is 6.61. The second kappa shape index (κ2) is 10.3. The van der Waals surface area contributed by atoms with E-state index in [2.05, 4.69) is 10.6 Å². The number of carbonyl (C=O) groups excluding carboxylic acids is 4.